The molecule has 5 heteroatoms. The smallest absolute Gasteiger partial charge is 0.137 e. The molecule has 2 rings (SSSR count). The molecule has 0 bridgehead atoms. The quantitative estimate of drug-likeness (QED) is 0.761. The summed E-state index contributed by atoms with van der Waals surface area (Å²) in [5.41, 5.74) is 2.14. The Balaban J connectivity index is 2.32. The molecule has 2 aromatic rings. The molecule has 112 valence electrons. The largest absolute Gasteiger partial charge is 0.352 e. The second-order valence-electron chi connectivity index (χ2n) is 5.00. The number of nitrogens with zero attached hydrogens (tertiary/aromatic N) is 4. The molecule has 0 unspecified atom stereocenters. The van der Waals surface area contributed by atoms with Gasteiger partial charge in [-0.2, -0.15) is 0 Å². The highest BCUT2D eigenvalue weighted by molar-refractivity contribution is 6.30. The monoisotopic (exact) mass is 304 g/mol. The first kappa shape index (κ1) is 15.7. The summed E-state index contributed by atoms with van der Waals surface area (Å²) >= 11 is 6.27. The van der Waals surface area contributed by atoms with E-state index in [1.54, 1.807) is 0 Å². The van der Waals surface area contributed by atoms with Crippen molar-refractivity contribution in [1.29, 1.82) is 0 Å². The van der Waals surface area contributed by atoms with Crippen molar-refractivity contribution in [3.63, 3.8) is 0 Å². The molecule has 0 N–H and O–H groups in total. The van der Waals surface area contributed by atoms with Crippen LogP contribution in [0, 0.1) is 6.92 Å². The molecule has 0 aliphatic rings. The van der Waals surface area contributed by atoms with E-state index < -0.39 is 0 Å². The molecule has 0 aliphatic heterocycles. The highest BCUT2D eigenvalue weighted by Crippen LogP contribution is 2.25. The maximum Gasteiger partial charge on any atom is 0.137 e. The number of hydrogen-bond acceptors (Lipinski definition) is 4. The van der Waals surface area contributed by atoms with Crippen molar-refractivity contribution in [2.45, 2.75) is 40.2 Å². The first-order valence-electron chi connectivity index (χ1n) is 7.32. The third kappa shape index (κ3) is 3.91. The van der Waals surface area contributed by atoms with Crippen LogP contribution in [-0.4, -0.2) is 21.5 Å². The van der Waals surface area contributed by atoms with E-state index in [9.17, 15) is 0 Å². The fourth-order valence-electron chi connectivity index (χ4n) is 2.21. The minimum Gasteiger partial charge on any atom is -0.352 e. The van der Waals surface area contributed by atoms with Crippen molar-refractivity contribution in [3.8, 4) is 0 Å². The standard InChI is InChI=1S/C16H21ClN4/c1-4-6-14-19-15(17)12(3)16(20-14)21(5-2)11-13-7-9-18-10-8-13/h7-10H,4-6,11H2,1-3H3. The van der Waals surface area contributed by atoms with Gasteiger partial charge in [0.05, 0.1) is 0 Å². The van der Waals surface area contributed by atoms with E-state index >= 15 is 0 Å². The average Bonchev–Trinajstić information content (AvgIpc) is 2.50. The lowest BCUT2D eigenvalue weighted by Gasteiger charge is -2.24. The molecule has 0 aromatic carbocycles. The molecule has 21 heavy (non-hydrogen) atoms. The summed E-state index contributed by atoms with van der Waals surface area (Å²) in [7, 11) is 0. The second-order valence-corrected chi connectivity index (χ2v) is 5.36. The van der Waals surface area contributed by atoms with Crippen molar-refractivity contribution < 1.29 is 0 Å². The van der Waals surface area contributed by atoms with Crippen LogP contribution in [0.15, 0.2) is 24.5 Å². The van der Waals surface area contributed by atoms with Crippen LogP contribution in [-0.2, 0) is 13.0 Å². The summed E-state index contributed by atoms with van der Waals surface area (Å²) in [5, 5.41) is 0.552. The van der Waals surface area contributed by atoms with Gasteiger partial charge in [-0.05, 0) is 38.0 Å². The summed E-state index contributed by atoms with van der Waals surface area (Å²) in [5.74, 6) is 1.74. The number of rotatable bonds is 6. The van der Waals surface area contributed by atoms with E-state index in [1.807, 2.05) is 31.5 Å². The van der Waals surface area contributed by atoms with Gasteiger partial charge in [0.15, 0.2) is 0 Å². The minimum absolute atomic E-state index is 0.552. The van der Waals surface area contributed by atoms with Crippen molar-refractivity contribution >= 4 is 17.4 Å². The Morgan fingerprint density at radius 3 is 2.48 bits per heavy atom. The Kier molecular flexibility index (Phi) is 5.51. The summed E-state index contributed by atoms with van der Waals surface area (Å²) < 4.78 is 0. The first-order chi connectivity index (χ1) is 10.2. The number of pyridine rings is 1. The maximum atomic E-state index is 6.27. The highest BCUT2D eigenvalue weighted by Gasteiger charge is 2.15. The molecule has 0 aliphatic carbocycles. The molecule has 0 saturated carbocycles. The number of anilines is 1. The van der Waals surface area contributed by atoms with Gasteiger partial charge in [0.2, 0.25) is 0 Å². The molecular weight excluding hydrogens is 284 g/mol. The van der Waals surface area contributed by atoms with Crippen LogP contribution < -0.4 is 4.90 Å². The van der Waals surface area contributed by atoms with Crippen molar-refractivity contribution in [2.24, 2.45) is 0 Å². The Bertz CT molecular complexity index is 586. The fraction of sp³-hybridized carbons (Fsp3) is 0.438. The van der Waals surface area contributed by atoms with Gasteiger partial charge in [0.1, 0.15) is 16.8 Å². The van der Waals surface area contributed by atoms with Gasteiger partial charge in [-0.1, -0.05) is 18.5 Å². The summed E-state index contributed by atoms with van der Waals surface area (Å²) in [6.07, 6.45) is 5.48. The van der Waals surface area contributed by atoms with Gasteiger partial charge < -0.3 is 4.90 Å². The number of hydrogen-bond donors (Lipinski definition) is 0. The highest BCUT2D eigenvalue weighted by atomic mass is 35.5. The van der Waals surface area contributed by atoms with Crippen LogP contribution in [0.25, 0.3) is 0 Å². The minimum atomic E-state index is 0.552. The number of aromatic nitrogens is 3. The van der Waals surface area contributed by atoms with Gasteiger partial charge in [-0.15, -0.1) is 0 Å². The normalized spacial score (nSPS) is 10.7. The van der Waals surface area contributed by atoms with Gasteiger partial charge in [0, 0.05) is 37.5 Å². The van der Waals surface area contributed by atoms with E-state index in [1.165, 1.54) is 5.56 Å². The van der Waals surface area contributed by atoms with Crippen molar-refractivity contribution in [2.75, 3.05) is 11.4 Å². The van der Waals surface area contributed by atoms with Crippen LogP contribution in [0.2, 0.25) is 5.15 Å². The number of halogens is 1. The molecule has 2 heterocycles. The third-order valence-electron chi connectivity index (χ3n) is 3.38. The molecule has 0 radical (unpaired) electrons. The van der Waals surface area contributed by atoms with Crippen LogP contribution in [0.5, 0.6) is 0 Å². The van der Waals surface area contributed by atoms with Crippen LogP contribution in [0.3, 0.4) is 0 Å². The molecular formula is C16H21ClN4. The summed E-state index contributed by atoms with van der Waals surface area (Å²) in [4.78, 5) is 15.3. The number of aryl methyl sites for hydroxylation is 1. The second kappa shape index (κ2) is 7.36. The predicted molar refractivity (Wildman–Crippen MR) is 86.7 cm³/mol. The molecule has 0 atom stereocenters. The predicted octanol–water partition coefficient (Wildman–Crippen LogP) is 3.81. The van der Waals surface area contributed by atoms with E-state index in [4.69, 9.17) is 16.6 Å². The van der Waals surface area contributed by atoms with Crippen LogP contribution >= 0.6 is 11.6 Å². The van der Waals surface area contributed by atoms with Crippen LogP contribution in [0.4, 0.5) is 5.82 Å². The molecule has 2 aromatic heterocycles. The lowest BCUT2D eigenvalue weighted by atomic mass is 10.2. The van der Waals surface area contributed by atoms with E-state index in [0.717, 1.165) is 43.1 Å². The Hall–Kier alpha value is -1.68. The van der Waals surface area contributed by atoms with E-state index in [-0.39, 0.29) is 0 Å². The van der Waals surface area contributed by atoms with Crippen molar-refractivity contribution in [1.82, 2.24) is 15.0 Å². The third-order valence-corrected chi connectivity index (χ3v) is 3.75. The molecule has 0 fully saturated rings. The molecule has 0 spiro atoms. The topological polar surface area (TPSA) is 41.9 Å². The van der Waals surface area contributed by atoms with E-state index in [2.05, 4.69) is 28.7 Å². The molecule has 4 nitrogen and oxygen atoms in total. The van der Waals surface area contributed by atoms with Gasteiger partial charge in [-0.25, -0.2) is 9.97 Å². The zero-order valence-corrected chi connectivity index (χ0v) is 13.6. The zero-order chi connectivity index (χ0) is 15.2. The van der Waals surface area contributed by atoms with Gasteiger partial charge in [-0.3, -0.25) is 4.98 Å². The van der Waals surface area contributed by atoms with Gasteiger partial charge in [0.25, 0.3) is 0 Å². The zero-order valence-electron chi connectivity index (χ0n) is 12.8. The summed E-state index contributed by atoms with van der Waals surface area (Å²) in [6.45, 7) is 7.87. The first-order valence-corrected chi connectivity index (χ1v) is 7.70. The SMILES string of the molecule is CCCc1nc(Cl)c(C)c(N(CC)Cc2ccncc2)n1. The Morgan fingerprint density at radius 1 is 1.14 bits per heavy atom. The molecule has 0 amide bonds. The van der Waals surface area contributed by atoms with Crippen LogP contribution in [0.1, 0.15) is 37.2 Å². The lowest BCUT2D eigenvalue weighted by Crippen LogP contribution is -2.25. The van der Waals surface area contributed by atoms with E-state index in [0.29, 0.717) is 5.15 Å². The average molecular weight is 305 g/mol. The summed E-state index contributed by atoms with van der Waals surface area (Å²) in [6, 6.07) is 4.04. The molecule has 0 saturated heterocycles. The fourth-order valence-corrected chi connectivity index (χ4v) is 2.39. The Labute approximate surface area is 131 Å². The lowest BCUT2D eigenvalue weighted by molar-refractivity contribution is 0.773. The maximum absolute atomic E-state index is 6.27. The van der Waals surface area contributed by atoms with Crippen molar-refractivity contribution in [3.05, 3.63) is 46.6 Å². The van der Waals surface area contributed by atoms with Gasteiger partial charge >= 0.3 is 0 Å². The Morgan fingerprint density at radius 2 is 1.86 bits per heavy atom.